The lowest BCUT2D eigenvalue weighted by Crippen LogP contribution is -2.46. The number of nitrogens with one attached hydrogen (secondary N) is 1. The van der Waals surface area contributed by atoms with Gasteiger partial charge in [0.05, 0.1) is 7.11 Å². The van der Waals surface area contributed by atoms with Crippen molar-refractivity contribution in [2.24, 2.45) is 0 Å². The molecule has 1 aliphatic rings. The normalized spacial score (nSPS) is 17.1. The molecule has 0 radical (unpaired) electrons. The van der Waals surface area contributed by atoms with Crippen molar-refractivity contribution in [3.05, 3.63) is 47.9 Å². The second kappa shape index (κ2) is 10.9. The molecule has 158 valence electrons. The molecule has 1 aromatic heterocycles. The van der Waals surface area contributed by atoms with Crippen LogP contribution >= 0.6 is 0 Å². The molecule has 1 aliphatic heterocycles. The van der Waals surface area contributed by atoms with E-state index in [0.29, 0.717) is 35.6 Å². The lowest BCUT2D eigenvalue weighted by Gasteiger charge is -2.35. The molecule has 3 rings (SSSR count). The standard InChI is InChI=1S/C23H32N2O4/c1-3-4-14-25-15-8-7-9-18(25)16-24-23(26)22-13-12-19(29-22)17-28-21-11-6-5-10-20(21)27-2/h5-6,10-13,18H,3-4,7-9,14-17H2,1-2H3,(H,24,26). The molecule has 1 aromatic carbocycles. The number of rotatable bonds is 10. The SMILES string of the molecule is CCCCN1CCCCC1CNC(=O)c1ccc(COc2ccccc2OC)o1. The van der Waals surface area contributed by atoms with Crippen LogP contribution in [0.3, 0.4) is 0 Å². The van der Waals surface area contributed by atoms with Crippen molar-refractivity contribution in [1.29, 1.82) is 0 Å². The van der Waals surface area contributed by atoms with E-state index in [4.69, 9.17) is 13.9 Å². The number of hydrogen-bond acceptors (Lipinski definition) is 5. The number of piperidine rings is 1. The van der Waals surface area contributed by atoms with Crippen LogP contribution in [-0.4, -0.2) is 43.6 Å². The van der Waals surface area contributed by atoms with Crippen LogP contribution in [0.1, 0.15) is 55.3 Å². The zero-order chi connectivity index (χ0) is 20.5. The molecule has 2 aromatic rings. The average molecular weight is 401 g/mol. The monoisotopic (exact) mass is 400 g/mol. The van der Waals surface area contributed by atoms with Crippen LogP contribution < -0.4 is 14.8 Å². The summed E-state index contributed by atoms with van der Waals surface area (Å²) in [5.74, 6) is 2.05. The van der Waals surface area contributed by atoms with E-state index in [1.807, 2.05) is 24.3 Å². The van der Waals surface area contributed by atoms with Gasteiger partial charge < -0.3 is 19.2 Å². The molecule has 0 aliphatic carbocycles. The summed E-state index contributed by atoms with van der Waals surface area (Å²) < 4.78 is 16.7. The van der Waals surface area contributed by atoms with Gasteiger partial charge in [-0.2, -0.15) is 0 Å². The first-order valence-electron chi connectivity index (χ1n) is 10.6. The molecule has 2 heterocycles. The summed E-state index contributed by atoms with van der Waals surface area (Å²) in [6.45, 7) is 5.36. The summed E-state index contributed by atoms with van der Waals surface area (Å²) in [6, 6.07) is 11.3. The number of nitrogens with zero attached hydrogens (tertiary/aromatic N) is 1. The fraction of sp³-hybridized carbons (Fsp3) is 0.522. The highest BCUT2D eigenvalue weighted by Crippen LogP contribution is 2.26. The van der Waals surface area contributed by atoms with E-state index in [9.17, 15) is 4.79 Å². The van der Waals surface area contributed by atoms with Crippen LogP contribution in [0.25, 0.3) is 0 Å². The Morgan fingerprint density at radius 3 is 2.83 bits per heavy atom. The van der Waals surface area contributed by atoms with Gasteiger partial charge in [0.25, 0.3) is 5.91 Å². The second-order valence-electron chi connectivity index (χ2n) is 7.45. The first-order chi connectivity index (χ1) is 14.2. The molecule has 1 atom stereocenters. The van der Waals surface area contributed by atoms with E-state index in [0.717, 1.165) is 19.5 Å². The van der Waals surface area contributed by atoms with Gasteiger partial charge in [-0.15, -0.1) is 0 Å². The van der Waals surface area contributed by atoms with Crippen molar-refractivity contribution >= 4 is 5.91 Å². The zero-order valence-corrected chi connectivity index (χ0v) is 17.5. The Kier molecular flexibility index (Phi) is 7.99. The number of hydrogen-bond donors (Lipinski definition) is 1. The molecule has 0 spiro atoms. The quantitative estimate of drug-likeness (QED) is 0.646. The summed E-state index contributed by atoms with van der Waals surface area (Å²) in [6.07, 6.45) is 6.02. The molecule has 1 amide bonds. The summed E-state index contributed by atoms with van der Waals surface area (Å²) in [4.78, 5) is 15.0. The molecular formula is C23H32N2O4. The molecule has 0 saturated carbocycles. The summed E-state index contributed by atoms with van der Waals surface area (Å²) >= 11 is 0. The Hall–Kier alpha value is -2.47. The third kappa shape index (κ3) is 6.00. The average Bonchev–Trinajstić information content (AvgIpc) is 3.24. The van der Waals surface area contributed by atoms with Crippen LogP contribution in [0.2, 0.25) is 0 Å². The lowest BCUT2D eigenvalue weighted by molar-refractivity contribution is 0.0882. The maximum atomic E-state index is 12.5. The maximum absolute atomic E-state index is 12.5. The number of furan rings is 1. The Morgan fingerprint density at radius 1 is 1.21 bits per heavy atom. The van der Waals surface area contributed by atoms with E-state index in [1.165, 1.54) is 25.7 Å². The third-order valence-electron chi connectivity index (χ3n) is 5.37. The van der Waals surface area contributed by atoms with E-state index in [1.54, 1.807) is 19.2 Å². The van der Waals surface area contributed by atoms with Gasteiger partial charge in [0.1, 0.15) is 12.4 Å². The minimum absolute atomic E-state index is 0.172. The van der Waals surface area contributed by atoms with E-state index >= 15 is 0 Å². The molecule has 6 nitrogen and oxygen atoms in total. The van der Waals surface area contributed by atoms with Gasteiger partial charge >= 0.3 is 0 Å². The Morgan fingerprint density at radius 2 is 2.03 bits per heavy atom. The number of unbranched alkanes of at least 4 members (excludes halogenated alkanes) is 1. The summed E-state index contributed by atoms with van der Waals surface area (Å²) in [5.41, 5.74) is 0. The number of carbonyl (C=O) groups is 1. The van der Waals surface area contributed by atoms with Crippen molar-refractivity contribution < 1.29 is 18.7 Å². The van der Waals surface area contributed by atoms with Gasteiger partial charge in [0.15, 0.2) is 17.3 Å². The van der Waals surface area contributed by atoms with Crippen molar-refractivity contribution in [2.75, 3.05) is 26.7 Å². The molecule has 6 heteroatoms. The number of likely N-dealkylation sites (tertiary alicyclic amines) is 1. The van der Waals surface area contributed by atoms with Crippen LogP contribution in [0.5, 0.6) is 11.5 Å². The van der Waals surface area contributed by atoms with Gasteiger partial charge in [0.2, 0.25) is 0 Å². The smallest absolute Gasteiger partial charge is 0.287 e. The Bertz CT molecular complexity index is 774. The van der Waals surface area contributed by atoms with Crippen LogP contribution in [0.4, 0.5) is 0 Å². The first-order valence-corrected chi connectivity index (χ1v) is 10.6. The number of ether oxygens (including phenoxy) is 2. The van der Waals surface area contributed by atoms with Crippen molar-refractivity contribution in [2.45, 2.75) is 51.7 Å². The number of amides is 1. The van der Waals surface area contributed by atoms with Gasteiger partial charge in [-0.05, 0) is 56.6 Å². The third-order valence-corrected chi connectivity index (χ3v) is 5.37. The predicted octanol–water partition coefficient (Wildman–Crippen LogP) is 4.25. The van der Waals surface area contributed by atoms with Crippen LogP contribution in [0, 0.1) is 0 Å². The number of benzene rings is 1. The largest absolute Gasteiger partial charge is 0.493 e. The number of carbonyl (C=O) groups excluding carboxylic acids is 1. The second-order valence-corrected chi connectivity index (χ2v) is 7.45. The molecule has 29 heavy (non-hydrogen) atoms. The predicted molar refractivity (Wildman–Crippen MR) is 112 cm³/mol. The van der Waals surface area contributed by atoms with Gasteiger partial charge in [-0.3, -0.25) is 9.69 Å². The van der Waals surface area contributed by atoms with Crippen molar-refractivity contribution in [3.63, 3.8) is 0 Å². The lowest BCUT2D eigenvalue weighted by atomic mass is 10.0. The molecular weight excluding hydrogens is 368 g/mol. The summed E-state index contributed by atoms with van der Waals surface area (Å²) in [5, 5.41) is 3.05. The van der Waals surface area contributed by atoms with Crippen molar-refractivity contribution in [3.8, 4) is 11.5 Å². The highest BCUT2D eigenvalue weighted by atomic mass is 16.5. The fourth-order valence-electron chi connectivity index (χ4n) is 3.71. The topological polar surface area (TPSA) is 63.9 Å². The van der Waals surface area contributed by atoms with Gasteiger partial charge in [-0.25, -0.2) is 0 Å². The van der Waals surface area contributed by atoms with Gasteiger partial charge in [0, 0.05) is 12.6 Å². The fourth-order valence-corrected chi connectivity index (χ4v) is 3.71. The molecule has 1 N–H and O–H groups in total. The van der Waals surface area contributed by atoms with E-state index < -0.39 is 0 Å². The highest BCUT2D eigenvalue weighted by molar-refractivity contribution is 5.91. The minimum atomic E-state index is -0.172. The van der Waals surface area contributed by atoms with Gasteiger partial charge in [-0.1, -0.05) is 31.9 Å². The minimum Gasteiger partial charge on any atom is -0.493 e. The van der Waals surface area contributed by atoms with Crippen LogP contribution in [-0.2, 0) is 6.61 Å². The van der Waals surface area contributed by atoms with Crippen LogP contribution in [0.15, 0.2) is 40.8 Å². The van der Waals surface area contributed by atoms with Crippen molar-refractivity contribution in [1.82, 2.24) is 10.2 Å². The molecule has 1 saturated heterocycles. The van der Waals surface area contributed by atoms with E-state index in [-0.39, 0.29) is 12.5 Å². The molecule has 1 unspecified atom stereocenters. The Labute approximate surface area is 173 Å². The van der Waals surface area contributed by atoms with E-state index in [2.05, 4.69) is 17.1 Å². The summed E-state index contributed by atoms with van der Waals surface area (Å²) in [7, 11) is 1.60. The first kappa shape index (κ1) is 21.2. The molecule has 1 fully saturated rings. The maximum Gasteiger partial charge on any atom is 0.287 e. The number of methoxy groups -OCH3 is 1. The number of para-hydroxylation sites is 2. The highest BCUT2D eigenvalue weighted by Gasteiger charge is 2.23. The molecule has 0 bridgehead atoms. The Balaban J connectivity index is 1.50. The zero-order valence-electron chi connectivity index (χ0n) is 17.5.